The van der Waals surface area contributed by atoms with Crippen LogP contribution in [0.2, 0.25) is 0 Å². The molecule has 0 radical (unpaired) electrons. The van der Waals surface area contributed by atoms with E-state index in [0.29, 0.717) is 41.5 Å². The molecule has 0 amide bonds. The van der Waals surface area contributed by atoms with Crippen LogP contribution < -0.4 is 0 Å². The van der Waals surface area contributed by atoms with E-state index in [1.807, 2.05) is 14.0 Å². The highest BCUT2D eigenvalue weighted by Gasteiger charge is 2.21. The molecule has 0 bridgehead atoms. The van der Waals surface area contributed by atoms with Crippen molar-refractivity contribution in [1.29, 1.82) is 0 Å². The molecule has 2 rings (SSSR count). The highest BCUT2D eigenvalue weighted by molar-refractivity contribution is 6.03. The second-order valence-corrected chi connectivity index (χ2v) is 5.73. The first kappa shape index (κ1) is 17.1. The molecule has 0 aromatic carbocycles. The first-order chi connectivity index (χ1) is 10.8. The van der Waals surface area contributed by atoms with Crippen molar-refractivity contribution >= 4 is 11.6 Å². The zero-order valence-corrected chi connectivity index (χ0v) is 14.2. The van der Waals surface area contributed by atoms with E-state index in [2.05, 4.69) is 15.1 Å². The summed E-state index contributed by atoms with van der Waals surface area (Å²) in [6, 6.07) is 0. The molecule has 0 atom stereocenters. The van der Waals surface area contributed by atoms with Gasteiger partial charge in [0.25, 0.3) is 0 Å². The molecule has 0 unspecified atom stereocenters. The predicted molar refractivity (Wildman–Crippen MR) is 84.6 cm³/mol. The second kappa shape index (κ2) is 6.87. The molecule has 0 aliphatic carbocycles. The maximum atomic E-state index is 12.5. The third-order valence-corrected chi connectivity index (χ3v) is 3.71. The molecule has 124 valence electrons. The normalized spacial score (nSPS) is 11.2. The van der Waals surface area contributed by atoms with Gasteiger partial charge in [-0.3, -0.25) is 14.5 Å². The molecule has 0 saturated heterocycles. The Morgan fingerprint density at radius 3 is 2.52 bits per heavy atom. The van der Waals surface area contributed by atoms with Crippen LogP contribution in [0.5, 0.6) is 0 Å². The summed E-state index contributed by atoms with van der Waals surface area (Å²) in [7, 11) is 1.81. The Labute approximate surface area is 135 Å². The zero-order valence-electron chi connectivity index (χ0n) is 14.2. The Balaban J connectivity index is 2.06. The third kappa shape index (κ3) is 3.73. The summed E-state index contributed by atoms with van der Waals surface area (Å²) in [6.07, 6.45) is 0.709. The molecule has 2 aromatic heterocycles. The largest absolute Gasteiger partial charge is 0.355 e. The van der Waals surface area contributed by atoms with Crippen LogP contribution in [0.25, 0.3) is 0 Å². The molecular weight excluding hydrogens is 296 g/mol. The molecule has 2 heterocycles. The van der Waals surface area contributed by atoms with E-state index in [4.69, 9.17) is 4.52 Å². The Kier molecular flexibility index (Phi) is 5.10. The number of aromatic nitrogens is 3. The van der Waals surface area contributed by atoms with E-state index in [-0.39, 0.29) is 18.1 Å². The SMILES string of the molecule is CCc1noc(CN(C)CC(=O)c2[nH]c(C)c(C(C)=O)c2C)n1. The number of Topliss-reactive ketones (excluding diaryl/α,β-unsaturated/α-hetero) is 2. The number of hydrogen-bond donors (Lipinski definition) is 1. The van der Waals surface area contributed by atoms with Gasteiger partial charge < -0.3 is 9.51 Å². The van der Waals surface area contributed by atoms with Crippen LogP contribution >= 0.6 is 0 Å². The van der Waals surface area contributed by atoms with Gasteiger partial charge in [0.2, 0.25) is 5.89 Å². The smallest absolute Gasteiger partial charge is 0.240 e. The number of ketones is 2. The summed E-state index contributed by atoms with van der Waals surface area (Å²) in [5, 5.41) is 3.83. The van der Waals surface area contributed by atoms with Crippen molar-refractivity contribution in [3.8, 4) is 0 Å². The highest BCUT2D eigenvalue weighted by atomic mass is 16.5. The molecule has 0 aliphatic rings. The molecule has 2 aromatic rings. The summed E-state index contributed by atoms with van der Waals surface area (Å²) in [4.78, 5) is 33.2. The lowest BCUT2D eigenvalue weighted by Gasteiger charge is -2.12. The topological polar surface area (TPSA) is 92.1 Å². The first-order valence-corrected chi connectivity index (χ1v) is 7.56. The minimum atomic E-state index is -0.0733. The average molecular weight is 318 g/mol. The van der Waals surface area contributed by atoms with Gasteiger partial charge in [0.05, 0.1) is 18.8 Å². The standard InChI is InChI=1S/C16H22N4O3/c1-6-13-18-14(23-19-13)8-20(5)7-12(22)16-9(2)15(11(4)21)10(3)17-16/h17H,6-8H2,1-5H3. The van der Waals surface area contributed by atoms with Gasteiger partial charge in [0, 0.05) is 17.7 Å². The van der Waals surface area contributed by atoms with Crippen molar-refractivity contribution in [2.24, 2.45) is 0 Å². The number of nitrogens with zero attached hydrogens (tertiary/aromatic N) is 3. The van der Waals surface area contributed by atoms with Gasteiger partial charge in [-0.15, -0.1) is 0 Å². The van der Waals surface area contributed by atoms with E-state index < -0.39 is 0 Å². The average Bonchev–Trinajstić information content (AvgIpc) is 3.02. The van der Waals surface area contributed by atoms with Gasteiger partial charge in [-0.2, -0.15) is 4.98 Å². The van der Waals surface area contributed by atoms with Crippen molar-refractivity contribution in [2.75, 3.05) is 13.6 Å². The van der Waals surface area contributed by atoms with Gasteiger partial charge in [-0.1, -0.05) is 12.1 Å². The summed E-state index contributed by atoms with van der Waals surface area (Å²) in [5.41, 5.74) is 2.52. The minimum Gasteiger partial charge on any atom is -0.355 e. The highest BCUT2D eigenvalue weighted by Crippen LogP contribution is 2.19. The molecule has 0 aliphatic heterocycles. The monoisotopic (exact) mass is 318 g/mol. The number of aromatic amines is 1. The Morgan fingerprint density at radius 1 is 1.30 bits per heavy atom. The predicted octanol–water partition coefficient (Wildman–Crippen LogP) is 2.09. The maximum Gasteiger partial charge on any atom is 0.240 e. The van der Waals surface area contributed by atoms with Crippen molar-refractivity contribution in [2.45, 2.75) is 40.7 Å². The third-order valence-electron chi connectivity index (χ3n) is 3.71. The fraction of sp³-hybridized carbons (Fsp3) is 0.500. The van der Waals surface area contributed by atoms with Crippen LogP contribution in [0.1, 0.15) is 57.7 Å². The lowest BCUT2D eigenvalue weighted by Crippen LogP contribution is -2.26. The number of rotatable bonds is 7. The minimum absolute atomic E-state index is 0.0402. The van der Waals surface area contributed by atoms with E-state index in [1.54, 1.807) is 18.7 Å². The number of nitrogens with one attached hydrogen (secondary N) is 1. The number of aryl methyl sites for hydroxylation is 2. The van der Waals surface area contributed by atoms with Gasteiger partial charge >= 0.3 is 0 Å². The van der Waals surface area contributed by atoms with E-state index in [0.717, 1.165) is 5.69 Å². The van der Waals surface area contributed by atoms with Crippen LogP contribution in [-0.4, -0.2) is 45.2 Å². The van der Waals surface area contributed by atoms with Crippen LogP contribution in [0.3, 0.4) is 0 Å². The Hall–Kier alpha value is -2.28. The van der Waals surface area contributed by atoms with Crippen LogP contribution in [0.15, 0.2) is 4.52 Å². The second-order valence-electron chi connectivity index (χ2n) is 5.73. The number of carbonyl (C=O) groups is 2. The van der Waals surface area contributed by atoms with Gasteiger partial charge in [-0.05, 0) is 33.4 Å². The number of H-pyrrole nitrogens is 1. The summed E-state index contributed by atoms with van der Waals surface area (Å²) in [5.74, 6) is 1.03. The number of carbonyl (C=O) groups excluding carboxylic acids is 2. The quantitative estimate of drug-likeness (QED) is 0.786. The lowest BCUT2D eigenvalue weighted by atomic mass is 10.1. The van der Waals surface area contributed by atoms with Crippen LogP contribution in [0, 0.1) is 13.8 Å². The van der Waals surface area contributed by atoms with Crippen molar-refractivity contribution in [1.82, 2.24) is 20.0 Å². The molecule has 7 nitrogen and oxygen atoms in total. The fourth-order valence-electron chi connectivity index (χ4n) is 2.67. The van der Waals surface area contributed by atoms with Crippen molar-refractivity contribution in [3.63, 3.8) is 0 Å². The van der Waals surface area contributed by atoms with Crippen LogP contribution in [0.4, 0.5) is 0 Å². The summed E-state index contributed by atoms with van der Waals surface area (Å²) >= 11 is 0. The Bertz CT molecular complexity index is 730. The van der Waals surface area contributed by atoms with Crippen LogP contribution in [-0.2, 0) is 13.0 Å². The van der Waals surface area contributed by atoms with E-state index >= 15 is 0 Å². The molecule has 1 N–H and O–H groups in total. The molecule has 7 heteroatoms. The van der Waals surface area contributed by atoms with E-state index in [9.17, 15) is 9.59 Å². The molecule has 0 fully saturated rings. The zero-order chi connectivity index (χ0) is 17.1. The Morgan fingerprint density at radius 2 is 2.00 bits per heavy atom. The van der Waals surface area contributed by atoms with Gasteiger partial charge in [-0.25, -0.2) is 0 Å². The van der Waals surface area contributed by atoms with Gasteiger partial charge in [0.15, 0.2) is 17.4 Å². The molecular formula is C16H22N4O3. The van der Waals surface area contributed by atoms with Crippen molar-refractivity contribution < 1.29 is 14.1 Å². The molecule has 0 saturated carbocycles. The van der Waals surface area contributed by atoms with E-state index in [1.165, 1.54) is 6.92 Å². The molecule has 23 heavy (non-hydrogen) atoms. The lowest BCUT2D eigenvalue weighted by molar-refractivity contribution is 0.0932. The fourth-order valence-corrected chi connectivity index (χ4v) is 2.67. The summed E-state index contributed by atoms with van der Waals surface area (Å²) < 4.78 is 5.13. The maximum absolute atomic E-state index is 12.5. The summed E-state index contributed by atoms with van der Waals surface area (Å²) in [6.45, 7) is 7.64. The van der Waals surface area contributed by atoms with Crippen molar-refractivity contribution in [3.05, 3.63) is 34.2 Å². The van der Waals surface area contributed by atoms with Gasteiger partial charge in [0.1, 0.15) is 0 Å². The first-order valence-electron chi connectivity index (χ1n) is 7.56. The molecule has 0 spiro atoms. The number of hydrogen-bond acceptors (Lipinski definition) is 6. The number of likely N-dealkylation sites (N-methyl/N-ethyl adjacent to an activating group) is 1.